The summed E-state index contributed by atoms with van der Waals surface area (Å²) >= 11 is 0. The molecule has 2 aliphatic heterocycles. The summed E-state index contributed by atoms with van der Waals surface area (Å²) in [6.07, 6.45) is 0.859. The summed E-state index contributed by atoms with van der Waals surface area (Å²) in [7, 11) is 0. The third kappa shape index (κ3) is 2.16. The highest BCUT2D eigenvalue weighted by molar-refractivity contribution is 6.20. The number of para-hydroxylation sites is 1. The van der Waals surface area contributed by atoms with Gasteiger partial charge in [-0.2, -0.15) is 4.98 Å². The molecule has 0 bridgehead atoms. The minimum atomic E-state index is -1.52. The van der Waals surface area contributed by atoms with Crippen LogP contribution in [0.5, 0.6) is 0 Å². The van der Waals surface area contributed by atoms with E-state index in [4.69, 9.17) is 5.73 Å². The van der Waals surface area contributed by atoms with Crippen molar-refractivity contribution in [1.82, 2.24) is 9.97 Å². The maximum absolute atomic E-state index is 14.0. The largest absolute Gasteiger partial charge is 0.369 e. The van der Waals surface area contributed by atoms with E-state index in [-0.39, 0.29) is 34.4 Å². The Bertz CT molecular complexity index is 1230. The van der Waals surface area contributed by atoms with E-state index in [1.807, 2.05) is 45.0 Å². The number of likely N-dealkylation sites (N-methyl/N-ethyl adjacent to an activating group) is 1. The average molecular weight is 405 g/mol. The van der Waals surface area contributed by atoms with Gasteiger partial charge < -0.3 is 16.0 Å². The highest BCUT2D eigenvalue weighted by Gasteiger charge is 2.62. The van der Waals surface area contributed by atoms with E-state index < -0.39 is 11.0 Å². The summed E-state index contributed by atoms with van der Waals surface area (Å²) in [5.41, 5.74) is 5.98. The van der Waals surface area contributed by atoms with Crippen LogP contribution in [0.3, 0.4) is 0 Å². The van der Waals surface area contributed by atoms with Gasteiger partial charge in [-0.25, -0.2) is 0 Å². The summed E-state index contributed by atoms with van der Waals surface area (Å²) in [6, 6.07) is 7.35. The number of H-pyrrole nitrogens is 1. The number of hydrogen-bond acceptors (Lipinski definition) is 6. The molecule has 1 amide bonds. The van der Waals surface area contributed by atoms with Gasteiger partial charge in [0.15, 0.2) is 5.78 Å². The number of benzene rings is 1. The lowest BCUT2D eigenvalue weighted by Crippen LogP contribution is -2.52. The third-order valence-corrected chi connectivity index (χ3v) is 6.31. The minimum Gasteiger partial charge on any atom is -0.369 e. The fourth-order valence-corrected chi connectivity index (χ4v) is 5.31. The molecule has 1 unspecified atom stereocenters. The van der Waals surface area contributed by atoms with Crippen LogP contribution in [-0.2, 0) is 15.0 Å². The molecule has 0 radical (unpaired) electrons. The van der Waals surface area contributed by atoms with Gasteiger partial charge in [-0.3, -0.25) is 19.4 Å². The number of allylic oxidation sites excluding steroid dienone is 1. The van der Waals surface area contributed by atoms with Gasteiger partial charge in [-0.1, -0.05) is 32.0 Å². The number of nitrogen functional groups attached to an aromatic ring is 1. The van der Waals surface area contributed by atoms with E-state index in [0.29, 0.717) is 41.9 Å². The first-order valence-corrected chi connectivity index (χ1v) is 10.1. The second-order valence-electron chi connectivity index (χ2n) is 8.91. The van der Waals surface area contributed by atoms with Crippen LogP contribution in [0.2, 0.25) is 0 Å². The lowest BCUT2D eigenvalue weighted by Gasteiger charge is -2.42. The molecule has 154 valence electrons. The Morgan fingerprint density at radius 1 is 1.17 bits per heavy atom. The van der Waals surface area contributed by atoms with Gasteiger partial charge in [-0.05, 0) is 24.8 Å². The Hall–Kier alpha value is -3.42. The first-order chi connectivity index (χ1) is 14.2. The highest BCUT2D eigenvalue weighted by atomic mass is 16.2. The smallest absolute Gasteiger partial charge is 0.259 e. The van der Waals surface area contributed by atoms with Crippen LogP contribution in [0.15, 0.2) is 40.3 Å². The zero-order chi connectivity index (χ0) is 21.4. The van der Waals surface area contributed by atoms with E-state index in [9.17, 15) is 14.4 Å². The van der Waals surface area contributed by atoms with Crippen molar-refractivity contribution in [1.29, 1.82) is 0 Å². The molecule has 5 rings (SSSR count). The molecular weight excluding hydrogens is 382 g/mol. The fraction of sp³-hybridized carbons (Fsp3) is 0.364. The lowest BCUT2D eigenvalue weighted by molar-refractivity contribution is -0.125. The number of nitrogens with one attached hydrogen (secondary N) is 2. The average Bonchev–Trinajstić information content (AvgIpc) is 2.88. The van der Waals surface area contributed by atoms with Crippen LogP contribution < -0.4 is 21.5 Å². The minimum absolute atomic E-state index is 0.0436. The molecule has 1 aromatic heterocycles. The van der Waals surface area contributed by atoms with Crippen LogP contribution >= 0.6 is 0 Å². The normalized spacial score (nSPS) is 23.9. The molecular formula is C22H23N5O3. The number of rotatable bonds is 1. The van der Waals surface area contributed by atoms with Gasteiger partial charge >= 0.3 is 0 Å². The number of nitrogens with zero attached hydrogens (tertiary/aromatic N) is 2. The van der Waals surface area contributed by atoms with Crippen LogP contribution in [0, 0.1) is 5.41 Å². The van der Waals surface area contributed by atoms with Crippen molar-refractivity contribution in [3.8, 4) is 0 Å². The zero-order valence-electron chi connectivity index (χ0n) is 17.1. The van der Waals surface area contributed by atoms with Crippen LogP contribution in [0.25, 0.3) is 0 Å². The van der Waals surface area contributed by atoms with Gasteiger partial charge in [0.1, 0.15) is 11.2 Å². The van der Waals surface area contributed by atoms with Crippen LogP contribution in [0.4, 0.5) is 17.5 Å². The summed E-state index contributed by atoms with van der Waals surface area (Å²) in [5, 5.41) is 3.18. The van der Waals surface area contributed by atoms with Gasteiger partial charge in [0.2, 0.25) is 11.9 Å². The van der Waals surface area contributed by atoms with Crippen molar-refractivity contribution in [2.24, 2.45) is 5.41 Å². The molecule has 30 heavy (non-hydrogen) atoms. The molecule has 0 fully saturated rings. The summed E-state index contributed by atoms with van der Waals surface area (Å²) in [4.78, 5) is 49.2. The van der Waals surface area contributed by atoms with Crippen LogP contribution in [0.1, 0.15) is 44.7 Å². The fourth-order valence-electron chi connectivity index (χ4n) is 5.31. The molecule has 1 aliphatic carbocycles. The molecule has 2 aromatic rings. The second-order valence-corrected chi connectivity index (χ2v) is 8.91. The van der Waals surface area contributed by atoms with E-state index >= 15 is 0 Å². The quantitative estimate of drug-likeness (QED) is 0.668. The first-order valence-electron chi connectivity index (χ1n) is 10.1. The predicted octanol–water partition coefficient (Wildman–Crippen LogP) is 2.07. The van der Waals surface area contributed by atoms with Crippen LogP contribution in [-0.4, -0.2) is 28.2 Å². The molecule has 0 saturated heterocycles. The predicted molar refractivity (Wildman–Crippen MR) is 113 cm³/mol. The second kappa shape index (κ2) is 5.81. The highest BCUT2D eigenvalue weighted by Crippen LogP contribution is 2.56. The summed E-state index contributed by atoms with van der Waals surface area (Å²) in [5.74, 6) is -0.233. The zero-order valence-corrected chi connectivity index (χ0v) is 17.1. The molecule has 8 heteroatoms. The number of hydrogen-bond donors (Lipinski definition) is 3. The number of fused-ring (bicyclic) bond motifs is 5. The Balaban J connectivity index is 1.96. The molecule has 4 N–H and O–H groups in total. The SMILES string of the molecule is CCN1C(=O)C2(C3=C(CC(C)(C)CC3=O)Nc3nc(N)[nH]c(=O)c32)c2ccccc21. The van der Waals surface area contributed by atoms with E-state index in [2.05, 4.69) is 15.3 Å². The lowest BCUT2D eigenvalue weighted by atomic mass is 9.61. The third-order valence-electron chi connectivity index (χ3n) is 6.31. The number of Topliss-reactive ketones (excluding diaryl/α,β-unsaturated/α-hetero) is 1. The van der Waals surface area contributed by atoms with Gasteiger partial charge in [0.25, 0.3) is 5.56 Å². The van der Waals surface area contributed by atoms with Gasteiger partial charge in [0, 0.05) is 35.5 Å². The standard InChI is InChI=1S/C22H23N5O3/c1-4-27-13-8-6-5-7-11(13)22(19(27)30)15-12(9-21(2,3)10-14(15)28)24-17-16(22)18(29)26-20(23)25-17/h5-8H,4,9-10H2,1-3H3,(H4,23,24,25,26,29). The Labute approximate surface area is 173 Å². The topological polar surface area (TPSA) is 121 Å². The maximum atomic E-state index is 14.0. The molecule has 1 aromatic carbocycles. The van der Waals surface area contributed by atoms with Crippen molar-refractivity contribution < 1.29 is 9.59 Å². The Morgan fingerprint density at radius 2 is 1.90 bits per heavy atom. The summed E-state index contributed by atoms with van der Waals surface area (Å²) in [6.45, 7) is 6.33. The number of anilines is 3. The van der Waals surface area contributed by atoms with Gasteiger partial charge in [0.05, 0.1) is 5.56 Å². The number of amides is 1. The molecule has 1 spiro atoms. The molecule has 1 atom stereocenters. The monoisotopic (exact) mass is 405 g/mol. The van der Waals surface area contributed by atoms with Gasteiger partial charge in [-0.15, -0.1) is 0 Å². The number of carbonyl (C=O) groups is 2. The Morgan fingerprint density at radius 3 is 2.63 bits per heavy atom. The van der Waals surface area contributed by atoms with Crippen molar-refractivity contribution in [2.75, 3.05) is 22.5 Å². The maximum Gasteiger partial charge on any atom is 0.259 e. The number of aromatic amines is 1. The molecule has 3 aliphatic rings. The van der Waals surface area contributed by atoms with E-state index in [1.54, 1.807) is 4.90 Å². The number of ketones is 1. The summed E-state index contributed by atoms with van der Waals surface area (Å²) < 4.78 is 0. The number of nitrogens with two attached hydrogens (primary N) is 1. The van der Waals surface area contributed by atoms with E-state index in [0.717, 1.165) is 0 Å². The molecule has 0 saturated carbocycles. The number of aromatic nitrogens is 2. The van der Waals surface area contributed by atoms with Crippen molar-refractivity contribution in [2.45, 2.75) is 39.0 Å². The molecule has 8 nitrogen and oxygen atoms in total. The van der Waals surface area contributed by atoms with Crippen molar-refractivity contribution in [3.63, 3.8) is 0 Å². The Kier molecular flexibility index (Phi) is 3.60. The van der Waals surface area contributed by atoms with Crippen molar-refractivity contribution >= 4 is 29.1 Å². The van der Waals surface area contributed by atoms with E-state index in [1.165, 1.54) is 0 Å². The molecule has 3 heterocycles. The number of carbonyl (C=O) groups excluding carboxylic acids is 2. The van der Waals surface area contributed by atoms with Crippen molar-refractivity contribution in [3.05, 3.63) is 57.0 Å². The first kappa shape index (κ1) is 18.6.